The molecular formula is C21H28N2O2S. The number of nitrogens with zero attached hydrogens (tertiary/aromatic N) is 1. The predicted molar refractivity (Wildman–Crippen MR) is 111 cm³/mol. The van der Waals surface area contributed by atoms with Crippen LogP contribution in [-0.2, 0) is 13.1 Å². The van der Waals surface area contributed by atoms with E-state index in [0.717, 1.165) is 36.2 Å². The van der Waals surface area contributed by atoms with E-state index in [1.54, 1.807) is 14.2 Å². The molecule has 0 aromatic heterocycles. The summed E-state index contributed by atoms with van der Waals surface area (Å²) in [6.07, 6.45) is 0. The van der Waals surface area contributed by atoms with Crippen molar-refractivity contribution in [3.8, 4) is 11.5 Å². The SMILES string of the molecule is COc1ccc(CN(Cc2ccc(OC)cc2)C(=S)NCC(C)C)cc1. The molecule has 0 amide bonds. The van der Waals surface area contributed by atoms with Gasteiger partial charge in [-0.2, -0.15) is 0 Å². The van der Waals surface area contributed by atoms with Crippen LogP contribution in [0.1, 0.15) is 25.0 Å². The Hall–Kier alpha value is -2.27. The first-order valence-electron chi connectivity index (χ1n) is 8.80. The van der Waals surface area contributed by atoms with E-state index in [1.807, 2.05) is 24.3 Å². The molecule has 0 atom stereocenters. The van der Waals surface area contributed by atoms with Crippen molar-refractivity contribution in [1.82, 2.24) is 10.2 Å². The number of hydrogen-bond acceptors (Lipinski definition) is 3. The molecule has 0 radical (unpaired) electrons. The van der Waals surface area contributed by atoms with E-state index in [9.17, 15) is 0 Å². The lowest BCUT2D eigenvalue weighted by molar-refractivity contribution is 0.392. The Morgan fingerprint density at radius 3 is 1.65 bits per heavy atom. The Labute approximate surface area is 162 Å². The van der Waals surface area contributed by atoms with Gasteiger partial charge in [-0.3, -0.25) is 0 Å². The molecular weight excluding hydrogens is 344 g/mol. The maximum absolute atomic E-state index is 5.65. The largest absolute Gasteiger partial charge is 0.497 e. The second kappa shape index (κ2) is 10.0. The fraction of sp³-hybridized carbons (Fsp3) is 0.381. The van der Waals surface area contributed by atoms with E-state index in [1.165, 1.54) is 11.1 Å². The van der Waals surface area contributed by atoms with Crippen LogP contribution in [0.25, 0.3) is 0 Å². The third-order valence-corrected chi connectivity index (χ3v) is 4.42. The first-order valence-corrected chi connectivity index (χ1v) is 9.21. The Bertz CT molecular complexity index is 635. The van der Waals surface area contributed by atoms with Gasteiger partial charge in [-0.25, -0.2) is 0 Å². The van der Waals surface area contributed by atoms with Gasteiger partial charge in [0.2, 0.25) is 0 Å². The number of hydrogen-bond donors (Lipinski definition) is 1. The topological polar surface area (TPSA) is 33.7 Å². The maximum atomic E-state index is 5.65. The van der Waals surface area contributed by atoms with Gasteiger partial charge >= 0.3 is 0 Å². The van der Waals surface area contributed by atoms with Crippen LogP contribution < -0.4 is 14.8 Å². The number of nitrogens with one attached hydrogen (secondary N) is 1. The van der Waals surface area contributed by atoms with Gasteiger partial charge in [-0.1, -0.05) is 38.1 Å². The number of ether oxygens (including phenoxy) is 2. The normalized spacial score (nSPS) is 10.5. The van der Waals surface area contributed by atoms with Crippen LogP contribution in [0.15, 0.2) is 48.5 Å². The van der Waals surface area contributed by atoms with Crippen LogP contribution >= 0.6 is 12.2 Å². The molecule has 0 heterocycles. The van der Waals surface area contributed by atoms with Crippen molar-refractivity contribution in [2.24, 2.45) is 5.92 Å². The molecule has 0 saturated heterocycles. The minimum Gasteiger partial charge on any atom is -0.497 e. The van der Waals surface area contributed by atoms with Crippen molar-refractivity contribution in [2.75, 3.05) is 20.8 Å². The summed E-state index contributed by atoms with van der Waals surface area (Å²) in [4.78, 5) is 2.18. The van der Waals surface area contributed by atoms with E-state index in [0.29, 0.717) is 5.92 Å². The summed E-state index contributed by atoms with van der Waals surface area (Å²) >= 11 is 5.65. The molecule has 2 aromatic rings. The summed E-state index contributed by atoms with van der Waals surface area (Å²) in [5.74, 6) is 2.25. The molecule has 0 fully saturated rings. The standard InChI is InChI=1S/C21H28N2O2S/c1-16(2)13-22-21(26)23(14-17-5-9-19(24-3)10-6-17)15-18-7-11-20(25-4)12-8-18/h5-12,16H,13-15H2,1-4H3,(H,22,26). The predicted octanol–water partition coefficient (Wildman–Crippen LogP) is 4.24. The van der Waals surface area contributed by atoms with E-state index in [-0.39, 0.29) is 0 Å². The number of methoxy groups -OCH3 is 2. The number of benzene rings is 2. The van der Waals surface area contributed by atoms with Crippen LogP contribution in [0.5, 0.6) is 11.5 Å². The molecule has 26 heavy (non-hydrogen) atoms. The van der Waals surface area contributed by atoms with E-state index >= 15 is 0 Å². The summed E-state index contributed by atoms with van der Waals surface area (Å²) in [6.45, 7) is 6.68. The van der Waals surface area contributed by atoms with Gasteiger partial charge in [0.1, 0.15) is 11.5 Å². The van der Waals surface area contributed by atoms with Gasteiger partial charge in [-0.05, 0) is 53.5 Å². The van der Waals surface area contributed by atoms with Gasteiger partial charge in [0, 0.05) is 19.6 Å². The van der Waals surface area contributed by atoms with Crippen LogP contribution in [0.4, 0.5) is 0 Å². The fourth-order valence-electron chi connectivity index (χ4n) is 2.51. The summed E-state index contributed by atoms with van der Waals surface area (Å²) in [6, 6.07) is 16.2. The smallest absolute Gasteiger partial charge is 0.169 e. The average molecular weight is 373 g/mol. The zero-order chi connectivity index (χ0) is 18.9. The summed E-state index contributed by atoms with van der Waals surface area (Å²) < 4.78 is 10.5. The third-order valence-electron chi connectivity index (χ3n) is 4.01. The second-order valence-electron chi connectivity index (χ2n) is 6.63. The van der Waals surface area contributed by atoms with Gasteiger partial charge in [0.25, 0.3) is 0 Å². The molecule has 0 aliphatic rings. The molecule has 140 valence electrons. The fourth-order valence-corrected chi connectivity index (χ4v) is 2.72. The molecule has 2 rings (SSSR count). The van der Waals surface area contributed by atoms with Gasteiger partial charge in [0.05, 0.1) is 14.2 Å². The summed E-state index contributed by atoms with van der Waals surface area (Å²) in [7, 11) is 3.35. The monoisotopic (exact) mass is 372 g/mol. The minimum absolute atomic E-state index is 0.539. The minimum atomic E-state index is 0.539. The second-order valence-corrected chi connectivity index (χ2v) is 7.02. The van der Waals surface area contributed by atoms with Crippen molar-refractivity contribution in [1.29, 1.82) is 0 Å². The van der Waals surface area contributed by atoms with E-state index < -0.39 is 0 Å². The zero-order valence-electron chi connectivity index (χ0n) is 16.0. The third kappa shape index (κ3) is 6.23. The highest BCUT2D eigenvalue weighted by atomic mass is 32.1. The molecule has 0 spiro atoms. The van der Waals surface area contributed by atoms with E-state index in [4.69, 9.17) is 21.7 Å². The lowest BCUT2D eigenvalue weighted by atomic mass is 10.1. The Morgan fingerprint density at radius 2 is 1.31 bits per heavy atom. The quantitative estimate of drug-likeness (QED) is 0.701. The highest BCUT2D eigenvalue weighted by molar-refractivity contribution is 7.80. The zero-order valence-corrected chi connectivity index (χ0v) is 16.8. The first-order chi connectivity index (χ1) is 12.5. The lowest BCUT2D eigenvalue weighted by Crippen LogP contribution is -2.40. The molecule has 0 aliphatic heterocycles. The number of thiocarbonyl (C=S) groups is 1. The number of rotatable bonds is 8. The van der Waals surface area contributed by atoms with Gasteiger partial charge in [0.15, 0.2) is 5.11 Å². The highest BCUT2D eigenvalue weighted by Gasteiger charge is 2.12. The van der Waals surface area contributed by atoms with E-state index in [2.05, 4.69) is 48.3 Å². The first kappa shape index (κ1) is 20.0. The van der Waals surface area contributed by atoms with Crippen LogP contribution in [0.3, 0.4) is 0 Å². The molecule has 2 aromatic carbocycles. The van der Waals surface area contributed by atoms with Crippen molar-refractivity contribution < 1.29 is 9.47 Å². The highest BCUT2D eigenvalue weighted by Crippen LogP contribution is 2.17. The molecule has 0 saturated carbocycles. The van der Waals surface area contributed by atoms with Crippen LogP contribution in [0, 0.1) is 5.92 Å². The Balaban J connectivity index is 2.12. The summed E-state index contributed by atoms with van der Waals surface area (Å²) in [5.41, 5.74) is 2.38. The maximum Gasteiger partial charge on any atom is 0.169 e. The van der Waals surface area contributed by atoms with Crippen LogP contribution in [-0.4, -0.2) is 30.8 Å². The summed E-state index contributed by atoms with van der Waals surface area (Å²) in [5, 5.41) is 4.14. The lowest BCUT2D eigenvalue weighted by Gasteiger charge is -2.27. The molecule has 0 unspecified atom stereocenters. The molecule has 4 nitrogen and oxygen atoms in total. The Kier molecular flexibility index (Phi) is 7.73. The molecule has 0 aliphatic carbocycles. The Morgan fingerprint density at radius 1 is 0.885 bits per heavy atom. The van der Waals surface area contributed by atoms with Gasteiger partial charge < -0.3 is 19.7 Å². The van der Waals surface area contributed by atoms with Crippen molar-refractivity contribution in [2.45, 2.75) is 26.9 Å². The van der Waals surface area contributed by atoms with Crippen molar-refractivity contribution in [3.63, 3.8) is 0 Å². The van der Waals surface area contributed by atoms with Crippen LogP contribution in [0.2, 0.25) is 0 Å². The average Bonchev–Trinajstić information content (AvgIpc) is 2.66. The molecule has 1 N–H and O–H groups in total. The van der Waals surface area contributed by atoms with Crippen molar-refractivity contribution in [3.05, 3.63) is 59.7 Å². The van der Waals surface area contributed by atoms with Crippen molar-refractivity contribution >= 4 is 17.3 Å². The molecule has 0 bridgehead atoms. The van der Waals surface area contributed by atoms with Gasteiger partial charge in [-0.15, -0.1) is 0 Å². The molecule has 5 heteroatoms.